The van der Waals surface area contributed by atoms with E-state index in [4.69, 9.17) is 0 Å². The largest absolute Gasteiger partial charge is 0.310 e. The van der Waals surface area contributed by atoms with Crippen LogP contribution in [-0.2, 0) is 0 Å². The Hall–Kier alpha value is -0.603. The van der Waals surface area contributed by atoms with Crippen LogP contribution in [-0.4, -0.2) is 21.8 Å². The molecule has 1 N–H and O–H groups in total. The van der Waals surface area contributed by atoms with Gasteiger partial charge in [-0.15, -0.1) is 0 Å². The number of hydrogen-bond donors (Lipinski definition) is 1. The smallest absolute Gasteiger partial charge is 0.0384 e. The van der Waals surface area contributed by atoms with Crippen molar-refractivity contribution in [1.82, 2.24) is 5.32 Å². The fraction of sp³-hybridized carbons (Fsp3) is 0.571. The van der Waals surface area contributed by atoms with Gasteiger partial charge in [0.1, 0.15) is 0 Å². The normalized spacial score (nSPS) is 12.8. The summed E-state index contributed by atoms with van der Waals surface area (Å²) < 4.78 is 0. The van der Waals surface area contributed by atoms with E-state index in [1.807, 2.05) is 6.07 Å². The summed E-state index contributed by atoms with van der Waals surface area (Å²) in [5, 5.41) is 4.93. The second-order valence-electron chi connectivity index (χ2n) is 5.36. The highest BCUT2D eigenvalue weighted by Gasteiger charge is 2.10. The van der Waals surface area contributed by atoms with Crippen LogP contribution < -0.4 is 10.5 Å². The maximum Gasteiger partial charge on any atom is 0.0384 e. The zero-order valence-corrected chi connectivity index (χ0v) is 13.7. The van der Waals surface area contributed by atoms with E-state index in [9.17, 15) is 0 Å². The molecule has 0 heterocycles. The van der Waals surface area contributed by atoms with Gasteiger partial charge in [0.05, 0.1) is 0 Å². The summed E-state index contributed by atoms with van der Waals surface area (Å²) in [6.07, 6.45) is 1.21. The molecule has 0 saturated heterocycles. The predicted octanol–water partition coefficient (Wildman–Crippen LogP) is 1.85. The highest BCUT2D eigenvalue weighted by Crippen LogP contribution is 2.02. The molecule has 1 aromatic carbocycles. The standard InChI is InChI=1S/C8H19N.C6H8Si/c1-6-7(2)9-8(3,4)5;7-6-4-2-1-3-5-6/h7,9H,6H2,1-5H3;1-5H,7H3. The highest BCUT2D eigenvalue weighted by atomic mass is 28.1. The van der Waals surface area contributed by atoms with Gasteiger partial charge in [-0.3, -0.25) is 0 Å². The molecular weight excluding hydrogens is 210 g/mol. The van der Waals surface area contributed by atoms with E-state index in [-0.39, 0.29) is 5.54 Å². The summed E-state index contributed by atoms with van der Waals surface area (Å²) in [5.74, 6) is 0. The lowest BCUT2D eigenvalue weighted by molar-refractivity contribution is 0.367. The molecule has 0 saturated carbocycles. The molecule has 0 spiro atoms. The van der Waals surface area contributed by atoms with Crippen LogP contribution in [0.4, 0.5) is 0 Å². The number of benzene rings is 1. The zero-order chi connectivity index (χ0) is 12.6. The lowest BCUT2D eigenvalue weighted by Crippen LogP contribution is -2.41. The van der Waals surface area contributed by atoms with Gasteiger partial charge in [0.2, 0.25) is 0 Å². The van der Waals surface area contributed by atoms with Crippen LogP contribution in [0.15, 0.2) is 30.3 Å². The Morgan fingerprint density at radius 3 is 1.88 bits per heavy atom. The Labute approximate surface area is 104 Å². The Morgan fingerprint density at radius 1 is 1.19 bits per heavy atom. The fourth-order valence-electron chi connectivity index (χ4n) is 1.38. The van der Waals surface area contributed by atoms with Gasteiger partial charge in [-0.1, -0.05) is 42.4 Å². The van der Waals surface area contributed by atoms with Crippen LogP contribution in [0.25, 0.3) is 0 Å². The second kappa shape index (κ2) is 7.63. The molecule has 0 aliphatic rings. The van der Waals surface area contributed by atoms with Gasteiger partial charge in [0.15, 0.2) is 0 Å². The fourth-order valence-corrected chi connectivity index (χ4v) is 1.76. The molecule has 16 heavy (non-hydrogen) atoms. The predicted molar refractivity (Wildman–Crippen MR) is 78.7 cm³/mol. The van der Waals surface area contributed by atoms with Gasteiger partial charge < -0.3 is 5.32 Å². The lowest BCUT2D eigenvalue weighted by atomic mass is 10.1. The van der Waals surface area contributed by atoms with Crippen molar-refractivity contribution in [2.24, 2.45) is 0 Å². The van der Waals surface area contributed by atoms with E-state index in [1.54, 1.807) is 0 Å². The number of nitrogens with one attached hydrogen (secondary N) is 1. The average Bonchev–Trinajstić information content (AvgIpc) is 2.17. The summed E-state index contributed by atoms with van der Waals surface area (Å²) in [5.41, 5.74) is 0.273. The van der Waals surface area contributed by atoms with Crippen LogP contribution in [0.2, 0.25) is 0 Å². The van der Waals surface area contributed by atoms with Crippen LogP contribution in [0.5, 0.6) is 0 Å². The molecule has 1 nitrogen and oxygen atoms in total. The third-order valence-electron chi connectivity index (χ3n) is 2.23. The van der Waals surface area contributed by atoms with Crippen LogP contribution in [0.3, 0.4) is 0 Å². The summed E-state index contributed by atoms with van der Waals surface area (Å²) in [6, 6.07) is 11.1. The molecule has 2 heteroatoms. The van der Waals surface area contributed by atoms with Crippen molar-refractivity contribution >= 4 is 15.4 Å². The summed E-state index contributed by atoms with van der Waals surface area (Å²) in [6.45, 7) is 11.0. The van der Waals surface area contributed by atoms with E-state index >= 15 is 0 Å². The van der Waals surface area contributed by atoms with Gasteiger partial charge in [-0.2, -0.15) is 0 Å². The van der Waals surface area contributed by atoms with E-state index < -0.39 is 0 Å². The first-order valence-corrected chi connectivity index (χ1v) is 7.14. The number of hydrogen-bond acceptors (Lipinski definition) is 1. The van der Waals surface area contributed by atoms with Gasteiger partial charge >= 0.3 is 0 Å². The summed E-state index contributed by atoms with van der Waals surface area (Å²) in [7, 11) is 1.17. The van der Waals surface area contributed by atoms with Gasteiger partial charge in [-0.25, -0.2) is 0 Å². The van der Waals surface area contributed by atoms with Crippen molar-refractivity contribution in [3.8, 4) is 0 Å². The Kier molecular flexibility index (Phi) is 7.35. The third-order valence-corrected chi connectivity index (χ3v) is 2.90. The third kappa shape index (κ3) is 9.93. The molecule has 0 fully saturated rings. The minimum absolute atomic E-state index is 0.273. The number of rotatable bonds is 2. The lowest BCUT2D eigenvalue weighted by Gasteiger charge is -2.25. The van der Waals surface area contributed by atoms with Crippen LogP contribution in [0.1, 0.15) is 41.0 Å². The molecule has 1 rings (SSSR count). The first-order chi connectivity index (χ1) is 7.35. The quantitative estimate of drug-likeness (QED) is 0.774. The maximum atomic E-state index is 3.47. The SMILES string of the molecule is CCC(C)NC(C)(C)C.[SiH3]c1ccccc1. The molecule has 0 bridgehead atoms. The van der Waals surface area contributed by atoms with Crippen molar-refractivity contribution < 1.29 is 0 Å². The summed E-state index contributed by atoms with van der Waals surface area (Å²) >= 11 is 0. The molecule has 1 aromatic rings. The summed E-state index contributed by atoms with van der Waals surface area (Å²) in [4.78, 5) is 0. The molecule has 0 radical (unpaired) electrons. The van der Waals surface area contributed by atoms with Gasteiger partial charge in [0.25, 0.3) is 0 Å². The Bertz CT molecular complexity index is 264. The average molecular weight is 237 g/mol. The topological polar surface area (TPSA) is 12.0 Å². The van der Waals surface area contributed by atoms with Gasteiger partial charge in [0, 0.05) is 21.8 Å². The molecule has 0 aliphatic carbocycles. The van der Waals surface area contributed by atoms with Crippen molar-refractivity contribution in [3.63, 3.8) is 0 Å². The van der Waals surface area contributed by atoms with Gasteiger partial charge in [-0.05, 0) is 34.1 Å². The van der Waals surface area contributed by atoms with Crippen molar-refractivity contribution in [2.45, 2.75) is 52.6 Å². The molecule has 1 atom stereocenters. The van der Waals surface area contributed by atoms with Crippen molar-refractivity contribution in [3.05, 3.63) is 30.3 Å². The van der Waals surface area contributed by atoms with Crippen molar-refractivity contribution in [2.75, 3.05) is 0 Å². The highest BCUT2D eigenvalue weighted by molar-refractivity contribution is 6.32. The van der Waals surface area contributed by atoms with E-state index in [0.717, 1.165) is 0 Å². The van der Waals surface area contributed by atoms with E-state index in [0.29, 0.717) is 6.04 Å². The molecular formula is C14H27NSi. The first kappa shape index (κ1) is 15.4. The first-order valence-electron chi connectivity index (χ1n) is 6.14. The van der Waals surface area contributed by atoms with Crippen LogP contribution in [0, 0.1) is 0 Å². The zero-order valence-electron chi connectivity index (χ0n) is 11.7. The van der Waals surface area contributed by atoms with Crippen molar-refractivity contribution in [1.29, 1.82) is 0 Å². The molecule has 1 unspecified atom stereocenters. The van der Waals surface area contributed by atoms with Crippen LogP contribution >= 0.6 is 0 Å². The molecule has 0 aliphatic heterocycles. The maximum absolute atomic E-state index is 3.47. The Balaban J connectivity index is 0.000000288. The molecule has 0 amide bonds. The second-order valence-corrected chi connectivity index (χ2v) is 6.51. The van der Waals surface area contributed by atoms with E-state index in [2.05, 4.69) is 64.2 Å². The Morgan fingerprint density at radius 2 is 1.69 bits per heavy atom. The van der Waals surface area contributed by atoms with E-state index in [1.165, 1.54) is 21.9 Å². The molecule has 92 valence electrons. The monoisotopic (exact) mass is 237 g/mol. The minimum Gasteiger partial charge on any atom is -0.310 e. The molecule has 0 aromatic heterocycles. The minimum atomic E-state index is 0.273.